The number of nitrogens with one attached hydrogen (secondary N) is 1. The number of nitrogens with two attached hydrogens (primary N) is 1. The third-order valence-electron chi connectivity index (χ3n) is 2.80. The molecule has 9 heteroatoms. The molecule has 0 aliphatic carbocycles. The maximum atomic E-state index is 13.1. The van der Waals surface area contributed by atoms with E-state index in [1.165, 1.54) is 18.2 Å². The van der Waals surface area contributed by atoms with E-state index in [9.17, 15) is 9.18 Å². The third kappa shape index (κ3) is 4.13. The van der Waals surface area contributed by atoms with Crippen LogP contribution in [0.15, 0.2) is 29.3 Å². The van der Waals surface area contributed by atoms with Crippen molar-refractivity contribution in [3.63, 3.8) is 0 Å². The van der Waals surface area contributed by atoms with E-state index in [1.54, 1.807) is 0 Å². The molecule has 6 nitrogen and oxygen atoms in total. The van der Waals surface area contributed by atoms with Crippen LogP contribution in [-0.2, 0) is 4.79 Å². The highest BCUT2D eigenvalue weighted by Gasteiger charge is 2.13. The van der Waals surface area contributed by atoms with Gasteiger partial charge < -0.3 is 11.1 Å². The average Bonchev–Trinajstić information content (AvgIpc) is 2.56. The molecule has 0 bridgehead atoms. The van der Waals surface area contributed by atoms with E-state index in [2.05, 4.69) is 10.3 Å². The summed E-state index contributed by atoms with van der Waals surface area (Å²) in [5.41, 5.74) is 6.21. The van der Waals surface area contributed by atoms with Gasteiger partial charge in [-0.3, -0.25) is 4.79 Å². The number of halogens is 2. The van der Waals surface area contributed by atoms with Crippen LogP contribution in [0.25, 0.3) is 0 Å². The molecule has 24 heavy (non-hydrogen) atoms. The Morgan fingerprint density at radius 2 is 2.04 bits per heavy atom. The first-order chi connectivity index (χ1) is 11.4. The van der Waals surface area contributed by atoms with Crippen LogP contribution in [0.1, 0.15) is 11.1 Å². The molecule has 0 spiro atoms. The SMILES string of the molecule is N#Cc1cc(C#N)c(SCC(=O)Nc2ccc(F)c(Cl)c2)nc1N. The normalized spacial score (nSPS) is 9.83. The smallest absolute Gasteiger partial charge is 0.234 e. The summed E-state index contributed by atoms with van der Waals surface area (Å²) in [6, 6.07) is 8.87. The van der Waals surface area contributed by atoms with Crippen molar-refractivity contribution >= 4 is 40.8 Å². The highest BCUT2D eigenvalue weighted by Crippen LogP contribution is 2.24. The van der Waals surface area contributed by atoms with Crippen LogP contribution in [0.2, 0.25) is 5.02 Å². The van der Waals surface area contributed by atoms with Crippen LogP contribution < -0.4 is 11.1 Å². The van der Waals surface area contributed by atoms with Gasteiger partial charge in [-0.2, -0.15) is 10.5 Å². The number of carbonyl (C=O) groups excluding carboxylic acids is 1. The zero-order valence-electron chi connectivity index (χ0n) is 12.0. The molecular weight excluding hydrogens is 353 g/mol. The summed E-state index contributed by atoms with van der Waals surface area (Å²) in [7, 11) is 0. The zero-order chi connectivity index (χ0) is 17.7. The summed E-state index contributed by atoms with van der Waals surface area (Å²) in [6.45, 7) is 0. The molecule has 3 N–H and O–H groups in total. The van der Waals surface area contributed by atoms with Crippen LogP contribution in [-0.4, -0.2) is 16.6 Å². The summed E-state index contributed by atoms with van der Waals surface area (Å²) in [5.74, 6) is -1.04. The van der Waals surface area contributed by atoms with Gasteiger partial charge in [0.05, 0.1) is 21.9 Å². The Labute approximate surface area is 146 Å². The number of hydrogen-bond acceptors (Lipinski definition) is 6. The first-order valence-corrected chi connectivity index (χ1v) is 7.79. The lowest BCUT2D eigenvalue weighted by molar-refractivity contribution is -0.113. The van der Waals surface area contributed by atoms with Crippen molar-refractivity contribution in [2.75, 3.05) is 16.8 Å². The number of rotatable bonds is 4. The summed E-state index contributed by atoms with van der Waals surface area (Å²) >= 11 is 6.64. The topological polar surface area (TPSA) is 116 Å². The van der Waals surface area contributed by atoms with Crippen LogP contribution in [0.3, 0.4) is 0 Å². The largest absolute Gasteiger partial charge is 0.383 e. The number of hydrogen-bond donors (Lipinski definition) is 2. The van der Waals surface area contributed by atoms with Gasteiger partial charge in [0.1, 0.15) is 28.8 Å². The zero-order valence-corrected chi connectivity index (χ0v) is 13.6. The fourth-order valence-electron chi connectivity index (χ4n) is 1.69. The summed E-state index contributed by atoms with van der Waals surface area (Å²) in [4.78, 5) is 15.9. The molecule has 120 valence electrons. The Kier molecular flexibility index (Phi) is 5.59. The van der Waals surface area contributed by atoms with Gasteiger partial charge in [-0.1, -0.05) is 23.4 Å². The molecule has 1 heterocycles. The van der Waals surface area contributed by atoms with Gasteiger partial charge in [-0.15, -0.1) is 0 Å². The second kappa shape index (κ2) is 7.64. The minimum absolute atomic E-state index is 0.00951. The Morgan fingerprint density at radius 3 is 2.67 bits per heavy atom. The number of anilines is 2. The van der Waals surface area contributed by atoms with Crippen molar-refractivity contribution in [1.82, 2.24) is 4.98 Å². The number of nitrogens with zero attached hydrogens (tertiary/aromatic N) is 3. The van der Waals surface area contributed by atoms with Crippen molar-refractivity contribution in [1.29, 1.82) is 10.5 Å². The quantitative estimate of drug-likeness (QED) is 0.809. The van der Waals surface area contributed by atoms with Gasteiger partial charge in [0.15, 0.2) is 0 Å². The predicted molar refractivity (Wildman–Crippen MR) is 88.8 cm³/mol. The summed E-state index contributed by atoms with van der Waals surface area (Å²) in [6.07, 6.45) is 0. The van der Waals surface area contributed by atoms with Crippen LogP contribution in [0.4, 0.5) is 15.9 Å². The van der Waals surface area contributed by atoms with Crippen LogP contribution >= 0.6 is 23.4 Å². The Morgan fingerprint density at radius 1 is 1.33 bits per heavy atom. The van der Waals surface area contributed by atoms with Crippen molar-refractivity contribution in [2.24, 2.45) is 0 Å². The number of pyridine rings is 1. The molecule has 0 radical (unpaired) electrons. The second-order valence-corrected chi connectivity index (χ2v) is 5.83. The minimum atomic E-state index is -0.583. The molecule has 1 aromatic carbocycles. The molecule has 0 aliphatic heterocycles. The second-order valence-electron chi connectivity index (χ2n) is 4.46. The number of nitrogen functional groups attached to an aromatic ring is 1. The summed E-state index contributed by atoms with van der Waals surface area (Å²) < 4.78 is 13.1. The molecule has 0 aliphatic rings. The molecule has 1 amide bonds. The van der Waals surface area contributed by atoms with E-state index in [-0.39, 0.29) is 32.7 Å². The minimum Gasteiger partial charge on any atom is -0.383 e. The molecular formula is C15H9ClFN5OS. The lowest BCUT2D eigenvalue weighted by atomic mass is 10.2. The molecule has 2 aromatic rings. The molecule has 0 saturated heterocycles. The molecule has 0 fully saturated rings. The first-order valence-electron chi connectivity index (χ1n) is 6.43. The standard InChI is InChI=1S/C15H9ClFN5OS/c16-11-4-10(1-2-12(11)17)21-13(23)7-24-15-9(6-19)3-8(5-18)14(20)22-15/h1-4H,7H2,(H2,20,22)(H,21,23). The number of benzene rings is 1. The monoisotopic (exact) mass is 361 g/mol. The number of carbonyl (C=O) groups is 1. The summed E-state index contributed by atoms with van der Waals surface area (Å²) in [5, 5.41) is 20.6. The van der Waals surface area contributed by atoms with E-state index in [0.29, 0.717) is 5.69 Å². The maximum Gasteiger partial charge on any atom is 0.234 e. The highest BCUT2D eigenvalue weighted by atomic mass is 35.5. The van der Waals surface area contributed by atoms with Crippen molar-refractivity contribution in [2.45, 2.75) is 5.03 Å². The van der Waals surface area contributed by atoms with Gasteiger partial charge in [-0.25, -0.2) is 9.37 Å². The van der Waals surface area contributed by atoms with Crippen LogP contribution in [0.5, 0.6) is 0 Å². The Hall–Kier alpha value is -2.81. The highest BCUT2D eigenvalue weighted by molar-refractivity contribution is 8.00. The van der Waals surface area contributed by atoms with E-state index < -0.39 is 11.7 Å². The number of amides is 1. The predicted octanol–water partition coefficient (Wildman–Crippen LogP) is 2.93. The van der Waals surface area contributed by atoms with Gasteiger partial charge in [0, 0.05) is 5.69 Å². The molecule has 0 atom stereocenters. The van der Waals surface area contributed by atoms with Gasteiger partial charge in [0.25, 0.3) is 0 Å². The Bertz CT molecular complexity index is 891. The maximum absolute atomic E-state index is 13.1. The lowest BCUT2D eigenvalue weighted by Gasteiger charge is -2.07. The van der Waals surface area contributed by atoms with E-state index in [4.69, 9.17) is 27.9 Å². The molecule has 2 rings (SSSR count). The first kappa shape index (κ1) is 17.5. The van der Waals surface area contributed by atoms with E-state index >= 15 is 0 Å². The van der Waals surface area contributed by atoms with E-state index in [1.807, 2.05) is 12.1 Å². The van der Waals surface area contributed by atoms with Crippen molar-refractivity contribution < 1.29 is 9.18 Å². The molecule has 0 unspecified atom stereocenters. The van der Waals surface area contributed by atoms with Crippen molar-refractivity contribution in [3.8, 4) is 12.1 Å². The average molecular weight is 362 g/mol. The van der Waals surface area contributed by atoms with Crippen LogP contribution in [0, 0.1) is 28.5 Å². The molecule has 0 saturated carbocycles. The Balaban J connectivity index is 2.06. The van der Waals surface area contributed by atoms with Crippen molar-refractivity contribution in [3.05, 3.63) is 46.2 Å². The number of thioether (sulfide) groups is 1. The fourth-order valence-corrected chi connectivity index (χ4v) is 2.64. The number of aromatic nitrogens is 1. The van der Waals surface area contributed by atoms with Gasteiger partial charge >= 0.3 is 0 Å². The molecule has 1 aromatic heterocycles. The van der Waals surface area contributed by atoms with Gasteiger partial charge in [0.2, 0.25) is 5.91 Å². The number of nitriles is 2. The third-order valence-corrected chi connectivity index (χ3v) is 4.08. The van der Waals surface area contributed by atoms with E-state index in [0.717, 1.165) is 17.8 Å². The lowest BCUT2D eigenvalue weighted by Crippen LogP contribution is -2.14. The van der Waals surface area contributed by atoms with Gasteiger partial charge in [-0.05, 0) is 24.3 Å². The fraction of sp³-hybridized carbons (Fsp3) is 0.0667.